The Kier molecular flexibility index (Phi) is 7.69. The number of benzene rings is 1. The second-order valence-electron chi connectivity index (χ2n) is 5.72. The predicted molar refractivity (Wildman–Crippen MR) is 90.4 cm³/mol. The summed E-state index contributed by atoms with van der Waals surface area (Å²) in [6, 6.07) is 7.19. The van der Waals surface area contributed by atoms with Crippen LogP contribution in [0.5, 0.6) is 0 Å². The Hall–Kier alpha value is -1.80. The first kappa shape index (κ1) is 21.2. The third-order valence-electron chi connectivity index (χ3n) is 3.80. The highest BCUT2D eigenvalue weighted by Gasteiger charge is 2.40. The first-order valence-electron chi connectivity index (χ1n) is 7.74. The molecule has 1 aromatic carbocycles. The molecule has 25 heavy (non-hydrogen) atoms. The Morgan fingerprint density at radius 1 is 1.32 bits per heavy atom. The third-order valence-corrected chi connectivity index (χ3v) is 3.80. The van der Waals surface area contributed by atoms with Crippen LogP contribution in [0.2, 0.25) is 0 Å². The van der Waals surface area contributed by atoms with E-state index in [4.69, 9.17) is 0 Å². The van der Waals surface area contributed by atoms with Crippen LogP contribution in [0.15, 0.2) is 24.3 Å². The average Bonchev–Trinajstić information content (AvgIpc) is 2.85. The lowest BCUT2D eigenvalue weighted by Crippen LogP contribution is -2.36. The number of carbonyl (C=O) groups is 2. The van der Waals surface area contributed by atoms with Gasteiger partial charge in [-0.05, 0) is 18.2 Å². The SMILES string of the molecule is CCNCc1ccccc1NC(=O)C1CC(=O)N(CC(F)(F)F)C1.Cl. The van der Waals surface area contributed by atoms with Gasteiger partial charge in [0.25, 0.3) is 0 Å². The molecule has 1 atom stereocenters. The predicted octanol–water partition coefficient (Wildman–Crippen LogP) is 2.57. The van der Waals surface area contributed by atoms with E-state index in [9.17, 15) is 22.8 Å². The number of nitrogens with one attached hydrogen (secondary N) is 2. The highest BCUT2D eigenvalue weighted by Crippen LogP contribution is 2.25. The summed E-state index contributed by atoms with van der Waals surface area (Å²) >= 11 is 0. The van der Waals surface area contributed by atoms with Crippen molar-refractivity contribution >= 4 is 29.9 Å². The number of carbonyl (C=O) groups excluding carboxylic acids is 2. The Morgan fingerprint density at radius 2 is 2.00 bits per heavy atom. The van der Waals surface area contributed by atoms with Gasteiger partial charge in [0.1, 0.15) is 6.54 Å². The fourth-order valence-electron chi connectivity index (χ4n) is 2.61. The van der Waals surface area contributed by atoms with Crippen LogP contribution in [-0.4, -0.2) is 42.5 Å². The van der Waals surface area contributed by atoms with Gasteiger partial charge in [0.15, 0.2) is 0 Å². The molecule has 1 aromatic rings. The Labute approximate surface area is 150 Å². The topological polar surface area (TPSA) is 61.4 Å². The fraction of sp³-hybridized carbons (Fsp3) is 0.500. The van der Waals surface area contributed by atoms with Crippen molar-refractivity contribution in [3.05, 3.63) is 29.8 Å². The second-order valence-corrected chi connectivity index (χ2v) is 5.72. The van der Waals surface area contributed by atoms with Gasteiger partial charge >= 0.3 is 6.18 Å². The monoisotopic (exact) mass is 379 g/mol. The molecule has 0 bridgehead atoms. The standard InChI is InChI=1S/C16H20F3N3O2.ClH/c1-2-20-8-11-5-3-4-6-13(11)21-15(24)12-7-14(23)22(9-12)10-16(17,18)19;/h3-6,12,20H,2,7-10H2,1H3,(H,21,24);1H. The molecule has 1 aliphatic heterocycles. The van der Waals surface area contributed by atoms with Gasteiger partial charge in [-0.15, -0.1) is 12.4 Å². The molecule has 9 heteroatoms. The Bertz CT molecular complexity index is 611. The van der Waals surface area contributed by atoms with Crippen molar-refractivity contribution in [3.63, 3.8) is 0 Å². The van der Waals surface area contributed by atoms with Crippen LogP contribution in [0.4, 0.5) is 18.9 Å². The molecule has 1 heterocycles. The normalized spacial score (nSPS) is 17.4. The second kappa shape index (κ2) is 9.05. The molecule has 2 amide bonds. The molecule has 0 saturated carbocycles. The largest absolute Gasteiger partial charge is 0.406 e. The van der Waals surface area contributed by atoms with Gasteiger partial charge in [0.2, 0.25) is 11.8 Å². The summed E-state index contributed by atoms with van der Waals surface area (Å²) in [5, 5.41) is 5.88. The van der Waals surface area contributed by atoms with Crippen molar-refractivity contribution in [2.24, 2.45) is 5.92 Å². The van der Waals surface area contributed by atoms with Gasteiger partial charge in [-0.3, -0.25) is 9.59 Å². The molecule has 2 rings (SSSR count). The van der Waals surface area contributed by atoms with E-state index >= 15 is 0 Å². The summed E-state index contributed by atoms with van der Waals surface area (Å²) in [5.41, 5.74) is 1.48. The van der Waals surface area contributed by atoms with Gasteiger partial charge in [-0.2, -0.15) is 13.2 Å². The number of amides is 2. The van der Waals surface area contributed by atoms with Gasteiger partial charge < -0.3 is 15.5 Å². The van der Waals surface area contributed by atoms with E-state index in [1.807, 2.05) is 19.1 Å². The molecule has 1 saturated heterocycles. The number of nitrogens with zero attached hydrogens (tertiary/aromatic N) is 1. The van der Waals surface area contributed by atoms with Gasteiger partial charge in [0.05, 0.1) is 5.92 Å². The number of halogens is 4. The molecule has 1 unspecified atom stereocenters. The summed E-state index contributed by atoms with van der Waals surface area (Å²) in [6.07, 6.45) is -4.66. The zero-order valence-electron chi connectivity index (χ0n) is 13.7. The van der Waals surface area contributed by atoms with E-state index in [1.54, 1.807) is 12.1 Å². The molecule has 5 nitrogen and oxygen atoms in total. The number of hydrogen-bond donors (Lipinski definition) is 2. The van der Waals surface area contributed by atoms with Crippen LogP contribution < -0.4 is 10.6 Å². The molecule has 0 spiro atoms. The molecule has 0 aromatic heterocycles. The Balaban J connectivity index is 0.00000312. The quantitative estimate of drug-likeness (QED) is 0.798. The molecule has 140 valence electrons. The average molecular weight is 380 g/mol. The summed E-state index contributed by atoms with van der Waals surface area (Å²) in [4.78, 5) is 24.7. The van der Waals surface area contributed by atoms with Crippen LogP contribution in [0.1, 0.15) is 18.9 Å². The van der Waals surface area contributed by atoms with Crippen LogP contribution in [0, 0.1) is 5.92 Å². The maximum absolute atomic E-state index is 12.4. The minimum Gasteiger partial charge on any atom is -0.333 e. The first-order chi connectivity index (χ1) is 11.3. The van der Waals surface area contributed by atoms with Gasteiger partial charge in [-0.25, -0.2) is 0 Å². The number of alkyl halides is 3. The number of hydrogen-bond acceptors (Lipinski definition) is 3. The summed E-state index contributed by atoms with van der Waals surface area (Å²) in [7, 11) is 0. The van der Waals surface area contributed by atoms with Crippen molar-refractivity contribution in [3.8, 4) is 0 Å². The van der Waals surface area contributed by atoms with Crippen molar-refractivity contribution in [1.29, 1.82) is 0 Å². The minimum absolute atomic E-state index is 0. The van der Waals surface area contributed by atoms with Crippen molar-refractivity contribution < 1.29 is 22.8 Å². The summed E-state index contributed by atoms with van der Waals surface area (Å²) < 4.78 is 37.3. The van der Waals surface area contributed by atoms with Crippen LogP contribution >= 0.6 is 12.4 Å². The first-order valence-corrected chi connectivity index (χ1v) is 7.74. The van der Waals surface area contributed by atoms with Crippen LogP contribution in [0.3, 0.4) is 0 Å². The van der Waals surface area contributed by atoms with E-state index in [-0.39, 0.29) is 25.4 Å². The lowest BCUT2D eigenvalue weighted by molar-refractivity contribution is -0.157. The van der Waals surface area contributed by atoms with E-state index < -0.39 is 30.5 Å². The third kappa shape index (κ3) is 6.21. The summed E-state index contributed by atoms with van der Waals surface area (Å²) in [6.45, 7) is 1.77. The van der Waals surface area contributed by atoms with Crippen molar-refractivity contribution in [1.82, 2.24) is 10.2 Å². The van der Waals surface area contributed by atoms with Crippen molar-refractivity contribution in [2.45, 2.75) is 26.1 Å². The molecule has 0 aliphatic carbocycles. The van der Waals surface area contributed by atoms with E-state index in [0.717, 1.165) is 12.1 Å². The summed E-state index contributed by atoms with van der Waals surface area (Å²) in [5.74, 6) is -1.85. The molecule has 1 fully saturated rings. The van der Waals surface area contributed by atoms with Gasteiger partial charge in [-0.1, -0.05) is 25.1 Å². The minimum atomic E-state index is -4.46. The number of rotatable bonds is 6. The van der Waals surface area contributed by atoms with Crippen LogP contribution in [0.25, 0.3) is 0 Å². The smallest absolute Gasteiger partial charge is 0.333 e. The number of para-hydroxylation sites is 1. The lowest BCUT2D eigenvalue weighted by atomic mass is 10.1. The fourth-order valence-corrected chi connectivity index (χ4v) is 2.61. The zero-order valence-corrected chi connectivity index (χ0v) is 14.5. The van der Waals surface area contributed by atoms with E-state index in [0.29, 0.717) is 17.1 Å². The van der Waals surface area contributed by atoms with E-state index in [1.165, 1.54) is 0 Å². The molecule has 0 radical (unpaired) electrons. The Morgan fingerprint density at radius 3 is 2.64 bits per heavy atom. The molecular formula is C16H21ClF3N3O2. The number of likely N-dealkylation sites (tertiary alicyclic amines) is 1. The van der Waals surface area contributed by atoms with Gasteiger partial charge in [0, 0.05) is 25.2 Å². The maximum atomic E-state index is 12.4. The van der Waals surface area contributed by atoms with E-state index in [2.05, 4.69) is 10.6 Å². The molecular weight excluding hydrogens is 359 g/mol. The number of anilines is 1. The maximum Gasteiger partial charge on any atom is 0.406 e. The highest BCUT2D eigenvalue weighted by molar-refractivity contribution is 5.97. The van der Waals surface area contributed by atoms with Crippen molar-refractivity contribution in [2.75, 3.05) is 25.0 Å². The lowest BCUT2D eigenvalue weighted by Gasteiger charge is -2.18. The molecule has 2 N–H and O–H groups in total. The molecule has 1 aliphatic rings. The van der Waals surface area contributed by atoms with Crippen LogP contribution in [-0.2, 0) is 16.1 Å². The highest BCUT2D eigenvalue weighted by atomic mass is 35.5. The zero-order chi connectivity index (χ0) is 17.7.